The van der Waals surface area contributed by atoms with Crippen LogP contribution in [0.15, 0.2) is 97.1 Å². The lowest BCUT2D eigenvalue weighted by Crippen LogP contribution is -2.10. The Kier molecular flexibility index (Phi) is 35.9. The number of aryl methyl sites for hydroxylation is 4. The Morgan fingerprint density at radius 2 is 0.412 bits per heavy atom. The lowest BCUT2D eigenvalue weighted by atomic mass is 10.1. The summed E-state index contributed by atoms with van der Waals surface area (Å²) in [5.41, 5.74) is 26.9. The molecule has 68 heavy (non-hydrogen) atoms. The number of unbranched alkanes of at least 4 members (excludes halogenated alkanes) is 10. The Bertz CT molecular complexity index is 1790. The van der Waals surface area contributed by atoms with Gasteiger partial charge in [0.15, 0.2) is 0 Å². The maximum atomic E-state index is 10.5. The third-order valence-corrected chi connectivity index (χ3v) is 9.41. The summed E-state index contributed by atoms with van der Waals surface area (Å²) >= 11 is 0. The van der Waals surface area contributed by atoms with E-state index in [1.165, 1.54) is 0 Å². The van der Waals surface area contributed by atoms with Crippen LogP contribution in [-0.4, -0.2) is 67.9 Å². The number of aliphatic carboxylic acids is 4. The van der Waals surface area contributed by atoms with Crippen molar-refractivity contribution in [1.29, 1.82) is 0 Å². The van der Waals surface area contributed by atoms with Crippen molar-refractivity contribution in [2.24, 2.45) is 22.9 Å². The van der Waals surface area contributed by atoms with Crippen LogP contribution in [0.2, 0.25) is 0 Å². The molecule has 12 N–H and O–H groups in total. The number of hydrogen-bond donors (Lipinski definition) is 8. The summed E-state index contributed by atoms with van der Waals surface area (Å²) in [6, 6.07) is 28.6. The largest absolute Gasteiger partial charge is 0.481 e. The molecule has 0 unspecified atom stereocenters. The first-order chi connectivity index (χ1) is 32.0. The van der Waals surface area contributed by atoms with E-state index in [0.717, 1.165) is 99.3 Å². The van der Waals surface area contributed by atoms with E-state index >= 15 is 0 Å². The molecule has 4 aromatic rings. The van der Waals surface area contributed by atoms with Gasteiger partial charge in [-0.2, -0.15) is 0 Å². The molecular weight excluding hydrogens is 873 g/mol. The van der Waals surface area contributed by atoms with Crippen molar-refractivity contribution in [2.45, 2.75) is 130 Å². The van der Waals surface area contributed by atoms with Crippen LogP contribution in [0.4, 0.5) is 0 Å². The number of carbonyl (C=O) groups excluding carboxylic acids is 4. The van der Waals surface area contributed by atoms with Gasteiger partial charge in [0.1, 0.15) is 0 Å². The monoisotopic (exact) mass is 945 g/mol. The molecule has 0 saturated carbocycles. The number of hydrogen-bond acceptors (Lipinski definition) is 8. The predicted octanol–water partition coefficient (Wildman–Crippen LogP) is 8.93. The SMILES string of the molecule is Cc1ccc(C(N)=O)cc1.Cc1ccc(C(N)=O)cc1.Cc1ccc(C(N)=O)cc1.Cc1ccc(C(N)=O)cc1.O=C(O)CCCCCCCCC(=O)O.O=C(O)CCCCCCCCC(=O)O. The third-order valence-electron chi connectivity index (χ3n) is 9.41. The van der Waals surface area contributed by atoms with Crippen molar-refractivity contribution < 1.29 is 58.8 Å². The van der Waals surface area contributed by atoms with E-state index in [0.29, 0.717) is 22.3 Å². The second kappa shape index (κ2) is 38.9. The van der Waals surface area contributed by atoms with E-state index in [1.54, 1.807) is 48.5 Å². The first-order valence-electron chi connectivity index (χ1n) is 22.4. The molecule has 4 rings (SSSR count). The molecule has 0 aliphatic rings. The van der Waals surface area contributed by atoms with Gasteiger partial charge in [-0.15, -0.1) is 0 Å². The highest BCUT2D eigenvalue weighted by molar-refractivity contribution is 5.94. The average Bonchev–Trinajstić information content (AvgIpc) is 3.27. The molecule has 0 aromatic heterocycles. The lowest BCUT2D eigenvalue weighted by molar-refractivity contribution is -0.138. The third kappa shape index (κ3) is 39.0. The van der Waals surface area contributed by atoms with Crippen molar-refractivity contribution in [3.8, 4) is 0 Å². The molecule has 16 nitrogen and oxygen atoms in total. The van der Waals surface area contributed by atoms with Gasteiger partial charge in [-0.25, -0.2) is 0 Å². The van der Waals surface area contributed by atoms with Crippen LogP contribution in [0.1, 0.15) is 166 Å². The molecule has 0 atom stereocenters. The van der Waals surface area contributed by atoms with Gasteiger partial charge in [0.2, 0.25) is 23.6 Å². The van der Waals surface area contributed by atoms with Crippen molar-refractivity contribution in [3.05, 3.63) is 142 Å². The Labute approximate surface area is 400 Å². The minimum Gasteiger partial charge on any atom is -0.481 e. The fraction of sp³-hybridized carbons (Fsp3) is 0.385. The van der Waals surface area contributed by atoms with Gasteiger partial charge < -0.3 is 43.4 Å². The van der Waals surface area contributed by atoms with E-state index < -0.39 is 23.9 Å². The fourth-order valence-corrected chi connectivity index (χ4v) is 5.39. The normalized spacial score (nSPS) is 9.59. The van der Waals surface area contributed by atoms with Gasteiger partial charge in [-0.3, -0.25) is 38.4 Å². The summed E-state index contributed by atoms with van der Waals surface area (Å²) in [6.07, 6.45) is 11.6. The zero-order valence-electron chi connectivity index (χ0n) is 39.9. The molecule has 0 aliphatic heterocycles. The van der Waals surface area contributed by atoms with E-state index in [9.17, 15) is 38.4 Å². The second-order valence-corrected chi connectivity index (χ2v) is 15.7. The minimum atomic E-state index is -0.740. The van der Waals surface area contributed by atoms with Crippen LogP contribution in [0.25, 0.3) is 0 Å². The number of carboxylic acid groups (broad SMARTS) is 4. The highest BCUT2D eigenvalue weighted by atomic mass is 16.4. The fourth-order valence-electron chi connectivity index (χ4n) is 5.39. The van der Waals surface area contributed by atoms with Gasteiger partial charge in [-0.05, 0) is 102 Å². The van der Waals surface area contributed by atoms with E-state index in [-0.39, 0.29) is 49.3 Å². The zero-order chi connectivity index (χ0) is 51.9. The van der Waals surface area contributed by atoms with Crippen LogP contribution in [0, 0.1) is 27.7 Å². The average molecular weight is 945 g/mol. The van der Waals surface area contributed by atoms with E-state index in [1.807, 2.05) is 76.2 Å². The number of benzene rings is 4. The van der Waals surface area contributed by atoms with Crippen molar-refractivity contribution >= 4 is 47.5 Å². The molecule has 0 bridgehead atoms. The number of carboxylic acids is 4. The van der Waals surface area contributed by atoms with Gasteiger partial charge in [0.05, 0.1) is 0 Å². The molecule has 0 spiro atoms. The highest BCUT2D eigenvalue weighted by Crippen LogP contribution is 2.10. The van der Waals surface area contributed by atoms with Crippen molar-refractivity contribution in [1.82, 2.24) is 0 Å². The van der Waals surface area contributed by atoms with E-state index in [4.69, 9.17) is 43.4 Å². The Morgan fingerprint density at radius 1 is 0.279 bits per heavy atom. The topological polar surface area (TPSA) is 322 Å². The maximum Gasteiger partial charge on any atom is 0.303 e. The van der Waals surface area contributed by atoms with Gasteiger partial charge in [0.25, 0.3) is 0 Å². The van der Waals surface area contributed by atoms with Crippen LogP contribution in [0.5, 0.6) is 0 Å². The molecule has 0 aliphatic carbocycles. The summed E-state index contributed by atoms with van der Waals surface area (Å²) in [6.45, 7) is 7.85. The van der Waals surface area contributed by atoms with Crippen molar-refractivity contribution in [3.63, 3.8) is 0 Å². The summed E-state index contributed by atoms with van der Waals surface area (Å²) < 4.78 is 0. The molecule has 0 saturated heterocycles. The van der Waals surface area contributed by atoms with Crippen LogP contribution < -0.4 is 22.9 Å². The number of amides is 4. The molecule has 372 valence electrons. The minimum absolute atomic E-state index is 0.245. The predicted molar refractivity (Wildman–Crippen MR) is 263 cm³/mol. The first kappa shape index (κ1) is 62.7. The van der Waals surface area contributed by atoms with Crippen LogP contribution in [0.3, 0.4) is 0 Å². The Morgan fingerprint density at radius 3 is 0.529 bits per heavy atom. The highest BCUT2D eigenvalue weighted by Gasteiger charge is 2.01. The van der Waals surface area contributed by atoms with Gasteiger partial charge in [-0.1, -0.05) is 122 Å². The van der Waals surface area contributed by atoms with Gasteiger partial charge in [0, 0.05) is 47.9 Å². The number of carbonyl (C=O) groups is 8. The molecule has 0 heterocycles. The molecule has 16 heteroatoms. The summed E-state index contributed by atoms with van der Waals surface area (Å²) in [5, 5.41) is 33.4. The quantitative estimate of drug-likeness (QED) is 0.0342. The summed E-state index contributed by atoms with van der Waals surface area (Å²) in [5.74, 6) is -4.46. The molecular formula is C52H72N4O12. The van der Waals surface area contributed by atoms with E-state index in [2.05, 4.69) is 0 Å². The Hall–Kier alpha value is -7.36. The molecule has 0 radical (unpaired) electrons. The standard InChI is InChI=1S/2C10H18O4.4C8H9NO/c2*11-9(12)7-5-3-1-2-4-6-8-10(13)14;4*1-6-2-4-7(5-3-6)8(9)10/h2*1-8H2,(H,11,12)(H,13,14);4*2-5H,1H3,(H2,9,10). The lowest BCUT2D eigenvalue weighted by Gasteiger charge is -1.98. The summed E-state index contributed by atoms with van der Waals surface area (Å²) in [4.78, 5) is 82.7. The second-order valence-electron chi connectivity index (χ2n) is 15.7. The first-order valence-corrected chi connectivity index (χ1v) is 22.4. The van der Waals surface area contributed by atoms with Crippen LogP contribution >= 0.6 is 0 Å². The van der Waals surface area contributed by atoms with Crippen molar-refractivity contribution in [2.75, 3.05) is 0 Å². The molecule has 4 amide bonds. The maximum absolute atomic E-state index is 10.5. The smallest absolute Gasteiger partial charge is 0.303 e. The van der Waals surface area contributed by atoms with Gasteiger partial charge >= 0.3 is 23.9 Å². The number of rotatable bonds is 22. The number of nitrogens with two attached hydrogens (primary N) is 4. The summed E-state index contributed by atoms with van der Waals surface area (Å²) in [7, 11) is 0. The van der Waals surface area contributed by atoms with Crippen LogP contribution in [-0.2, 0) is 19.2 Å². The number of primary amides is 4. The molecule has 0 fully saturated rings. The molecule has 4 aromatic carbocycles. The Balaban J connectivity index is 0. The zero-order valence-corrected chi connectivity index (χ0v) is 39.9.